The Labute approximate surface area is 91.1 Å². The van der Waals surface area contributed by atoms with E-state index in [-0.39, 0.29) is 11.2 Å². The molecule has 0 bridgehead atoms. The third-order valence-corrected chi connectivity index (χ3v) is 3.03. The van der Waals surface area contributed by atoms with Gasteiger partial charge in [-0.25, -0.2) is 0 Å². The molecule has 1 aliphatic carbocycles. The van der Waals surface area contributed by atoms with Crippen molar-refractivity contribution in [2.24, 2.45) is 5.41 Å². The van der Waals surface area contributed by atoms with Gasteiger partial charge in [0.1, 0.15) is 6.29 Å². The Bertz CT molecular complexity index is 332. The van der Waals surface area contributed by atoms with Gasteiger partial charge in [-0.15, -0.1) is 0 Å². The molecule has 0 heterocycles. The summed E-state index contributed by atoms with van der Waals surface area (Å²) in [6.07, 6.45) is 6.47. The monoisotopic (exact) mass is 206 g/mol. The van der Waals surface area contributed by atoms with Crippen molar-refractivity contribution in [1.29, 1.82) is 0 Å². The lowest BCUT2D eigenvalue weighted by molar-refractivity contribution is -0.113. The fraction of sp³-hybridized carbons (Fsp3) is 0.538. The second-order valence-corrected chi connectivity index (χ2v) is 4.75. The summed E-state index contributed by atoms with van der Waals surface area (Å²) >= 11 is 0. The average Bonchev–Trinajstić information content (AvgIpc) is 2.13. The third-order valence-electron chi connectivity index (χ3n) is 3.03. The van der Waals surface area contributed by atoms with Crippen LogP contribution >= 0.6 is 0 Å². The van der Waals surface area contributed by atoms with Crippen molar-refractivity contribution in [1.82, 2.24) is 0 Å². The Balaban J connectivity index is 3.03. The zero-order valence-electron chi connectivity index (χ0n) is 9.67. The molecule has 15 heavy (non-hydrogen) atoms. The maximum atomic E-state index is 11.9. The van der Waals surface area contributed by atoms with Crippen LogP contribution in [0.1, 0.15) is 40.0 Å². The second-order valence-electron chi connectivity index (χ2n) is 4.75. The van der Waals surface area contributed by atoms with Crippen LogP contribution in [0.15, 0.2) is 23.3 Å². The van der Waals surface area contributed by atoms with Crippen molar-refractivity contribution in [3.8, 4) is 0 Å². The van der Waals surface area contributed by atoms with Gasteiger partial charge in [0, 0.05) is 5.57 Å². The summed E-state index contributed by atoms with van der Waals surface area (Å²) in [5, 5.41) is 0. The van der Waals surface area contributed by atoms with Gasteiger partial charge in [0.25, 0.3) is 0 Å². The van der Waals surface area contributed by atoms with E-state index >= 15 is 0 Å². The van der Waals surface area contributed by atoms with Gasteiger partial charge in [-0.3, -0.25) is 9.59 Å². The number of carbonyl (C=O) groups excluding carboxylic acids is 2. The molecule has 0 amide bonds. The summed E-state index contributed by atoms with van der Waals surface area (Å²) < 4.78 is 0. The molecule has 0 saturated carbocycles. The normalized spacial score (nSPS) is 20.7. The van der Waals surface area contributed by atoms with E-state index in [0.29, 0.717) is 6.29 Å². The Morgan fingerprint density at radius 3 is 2.60 bits per heavy atom. The fourth-order valence-electron chi connectivity index (χ4n) is 2.38. The highest BCUT2D eigenvalue weighted by atomic mass is 16.1. The summed E-state index contributed by atoms with van der Waals surface area (Å²) in [7, 11) is 0. The highest BCUT2D eigenvalue weighted by Crippen LogP contribution is 2.40. The van der Waals surface area contributed by atoms with E-state index in [2.05, 4.69) is 13.8 Å². The van der Waals surface area contributed by atoms with Crippen LogP contribution in [0, 0.1) is 5.41 Å². The molecule has 0 aromatic heterocycles. The van der Waals surface area contributed by atoms with Crippen LogP contribution in [0.2, 0.25) is 0 Å². The molecule has 0 N–H and O–H groups in total. The topological polar surface area (TPSA) is 34.1 Å². The first-order valence-electron chi connectivity index (χ1n) is 5.35. The van der Waals surface area contributed by atoms with E-state index in [1.54, 1.807) is 0 Å². The van der Waals surface area contributed by atoms with Gasteiger partial charge >= 0.3 is 0 Å². The molecule has 0 saturated heterocycles. The van der Waals surface area contributed by atoms with E-state index in [9.17, 15) is 9.59 Å². The van der Waals surface area contributed by atoms with Crippen LogP contribution in [-0.4, -0.2) is 12.1 Å². The second kappa shape index (κ2) is 4.56. The summed E-state index contributed by atoms with van der Waals surface area (Å²) in [5.74, 6) is -0.00991. The van der Waals surface area contributed by atoms with Crippen LogP contribution in [0.25, 0.3) is 0 Å². The molecule has 0 aromatic carbocycles. The minimum Gasteiger partial charge on any atom is -0.299 e. The lowest BCUT2D eigenvalue weighted by Crippen LogP contribution is -2.25. The molecule has 0 aromatic rings. The number of rotatable bonds is 3. The predicted molar refractivity (Wildman–Crippen MR) is 60.5 cm³/mol. The highest BCUT2D eigenvalue weighted by molar-refractivity contribution is 6.06. The fourth-order valence-corrected chi connectivity index (χ4v) is 2.38. The van der Waals surface area contributed by atoms with E-state index in [1.807, 2.05) is 6.92 Å². The van der Waals surface area contributed by atoms with Crippen LogP contribution in [-0.2, 0) is 9.59 Å². The van der Waals surface area contributed by atoms with Crippen molar-refractivity contribution in [3.05, 3.63) is 23.3 Å². The number of carbonyl (C=O) groups is 2. The van der Waals surface area contributed by atoms with E-state index in [0.717, 1.165) is 24.8 Å². The molecular formula is C13H18O2. The van der Waals surface area contributed by atoms with Crippen molar-refractivity contribution in [2.45, 2.75) is 40.0 Å². The minimum absolute atomic E-state index is 0.00991. The molecule has 0 atom stereocenters. The summed E-state index contributed by atoms with van der Waals surface area (Å²) in [4.78, 5) is 22.1. The molecule has 0 spiro atoms. The summed E-state index contributed by atoms with van der Waals surface area (Å²) in [5.41, 5.74) is 2.02. The Kier molecular flexibility index (Phi) is 3.61. The molecule has 1 aliphatic rings. The van der Waals surface area contributed by atoms with Crippen LogP contribution in [0.4, 0.5) is 0 Å². The Morgan fingerprint density at radius 1 is 1.40 bits per heavy atom. The zero-order chi connectivity index (χ0) is 11.5. The third kappa shape index (κ3) is 2.65. The van der Waals surface area contributed by atoms with Gasteiger partial charge in [0.2, 0.25) is 0 Å². The van der Waals surface area contributed by atoms with Crippen molar-refractivity contribution in [2.75, 3.05) is 0 Å². The van der Waals surface area contributed by atoms with Gasteiger partial charge in [-0.1, -0.05) is 19.4 Å². The molecule has 2 heteroatoms. The van der Waals surface area contributed by atoms with E-state index < -0.39 is 0 Å². The predicted octanol–water partition coefficient (Wildman–Crippen LogP) is 2.84. The average molecular weight is 206 g/mol. The molecule has 0 unspecified atom stereocenters. The van der Waals surface area contributed by atoms with Crippen LogP contribution < -0.4 is 0 Å². The number of ketones is 1. The maximum absolute atomic E-state index is 11.9. The minimum atomic E-state index is -0.0490. The number of hydrogen-bond acceptors (Lipinski definition) is 2. The van der Waals surface area contributed by atoms with Crippen molar-refractivity contribution >= 4 is 12.1 Å². The Morgan fingerprint density at radius 2 is 2.07 bits per heavy atom. The van der Waals surface area contributed by atoms with Crippen LogP contribution in [0.3, 0.4) is 0 Å². The number of aldehydes is 1. The Hall–Kier alpha value is -1.18. The van der Waals surface area contributed by atoms with E-state index in [1.165, 1.54) is 17.7 Å². The van der Waals surface area contributed by atoms with E-state index in [4.69, 9.17) is 0 Å². The molecule has 0 fully saturated rings. The maximum Gasteiger partial charge on any atom is 0.182 e. The van der Waals surface area contributed by atoms with Gasteiger partial charge in [0.05, 0.1) is 0 Å². The first-order valence-corrected chi connectivity index (χ1v) is 5.35. The van der Waals surface area contributed by atoms with Gasteiger partial charge < -0.3 is 0 Å². The SMILES string of the molecule is CC1=C(C(=O)C=CC=O)C(C)(C)CCC1. The lowest BCUT2D eigenvalue weighted by Gasteiger charge is -2.32. The highest BCUT2D eigenvalue weighted by Gasteiger charge is 2.31. The molecule has 2 nitrogen and oxygen atoms in total. The van der Waals surface area contributed by atoms with Crippen molar-refractivity contribution in [3.63, 3.8) is 0 Å². The van der Waals surface area contributed by atoms with Crippen LogP contribution in [0.5, 0.6) is 0 Å². The lowest BCUT2D eigenvalue weighted by atomic mass is 9.71. The molecular weight excluding hydrogens is 188 g/mol. The first kappa shape index (κ1) is 11.9. The van der Waals surface area contributed by atoms with Crippen molar-refractivity contribution < 1.29 is 9.59 Å². The summed E-state index contributed by atoms with van der Waals surface area (Å²) in [6.45, 7) is 6.21. The van der Waals surface area contributed by atoms with Gasteiger partial charge in [0.15, 0.2) is 5.78 Å². The molecule has 82 valence electrons. The van der Waals surface area contributed by atoms with Gasteiger partial charge in [-0.05, 0) is 43.8 Å². The summed E-state index contributed by atoms with van der Waals surface area (Å²) in [6, 6.07) is 0. The standard InChI is InChI=1S/C13H18O2/c1-10-6-4-8-13(2,3)12(10)11(15)7-5-9-14/h5,7,9H,4,6,8H2,1-3H3. The first-order chi connectivity index (χ1) is 6.99. The molecule has 0 aliphatic heterocycles. The quantitative estimate of drug-likeness (QED) is 0.525. The largest absolute Gasteiger partial charge is 0.299 e. The molecule has 0 radical (unpaired) electrons. The molecule has 1 rings (SSSR count). The zero-order valence-corrected chi connectivity index (χ0v) is 9.67. The number of hydrogen-bond donors (Lipinski definition) is 0. The smallest absolute Gasteiger partial charge is 0.182 e. The van der Waals surface area contributed by atoms with Gasteiger partial charge in [-0.2, -0.15) is 0 Å². The number of allylic oxidation sites excluding steroid dienone is 4.